The van der Waals surface area contributed by atoms with Gasteiger partial charge in [-0.3, -0.25) is 14.9 Å². The zero-order chi connectivity index (χ0) is 20.5. The number of primary amides is 1. The Bertz CT molecular complexity index is 1000. The number of nitrogens with one attached hydrogen (secondary N) is 2. The number of fused-ring (bicyclic) bond motifs is 1. The number of carbonyl (C=O) groups is 2. The average molecular weight is 385 g/mol. The Morgan fingerprint density at radius 3 is 2.57 bits per heavy atom. The van der Waals surface area contributed by atoms with Crippen LogP contribution >= 0.6 is 0 Å². The number of nitrogens with two attached hydrogens (primary N) is 1. The first-order valence-electron chi connectivity index (χ1n) is 7.88. The van der Waals surface area contributed by atoms with Gasteiger partial charge in [-0.25, -0.2) is 10.2 Å². The molecule has 0 saturated heterocycles. The van der Waals surface area contributed by atoms with Crippen molar-refractivity contribution in [3.05, 3.63) is 63.7 Å². The number of non-ortho nitro benzene ring substituents is 1. The number of nitrogens with zero attached hydrogens (tertiary/aromatic N) is 2. The summed E-state index contributed by atoms with van der Waals surface area (Å²) in [4.78, 5) is 34.2. The number of benzene rings is 2. The number of nitro groups is 1. The van der Waals surface area contributed by atoms with Crippen molar-refractivity contribution in [1.29, 1.82) is 0 Å². The zero-order valence-corrected chi connectivity index (χ0v) is 14.5. The van der Waals surface area contributed by atoms with Crippen LogP contribution in [0.5, 0.6) is 5.75 Å². The van der Waals surface area contributed by atoms with Gasteiger partial charge in [0.15, 0.2) is 0 Å². The predicted octanol–water partition coefficient (Wildman–Crippen LogP) is 0.816. The topological polar surface area (TPSA) is 169 Å². The molecule has 0 spiro atoms. The van der Waals surface area contributed by atoms with Crippen LogP contribution in [0.15, 0.2) is 47.6 Å². The number of urea groups is 1. The molecule has 2 aromatic rings. The van der Waals surface area contributed by atoms with Crippen LogP contribution in [0, 0.1) is 10.1 Å². The number of aliphatic hydroxyl groups is 1. The van der Waals surface area contributed by atoms with Crippen molar-refractivity contribution < 1.29 is 24.4 Å². The van der Waals surface area contributed by atoms with Gasteiger partial charge >= 0.3 is 6.03 Å². The Labute approximate surface area is 157 Å². The molecule has 11 heteroatoms. The number of hydrogen-bond acceptors (Lipinski definition) is 7. The lowest BCUT2D eigenvalue weighted by atomic mass is 9.86. The molecule has 0 bridgehead atoms. The van der Waals surface area contributed by atoms with Gasteiger partial charge in [0, 0.05) is 28.9 Å². The molecule has 0 aromatic heterocycles. The van der Waals surface area contributed by atoms with Crippen molar-refractivity contribution in [2.24, 2.45) is 10.8 Å². The van der Waals surface area contributed by atoms with Gasteiger partial charge < -0.3 is 20.9 Å². The Hall–Kier alpha value is -3.99. The van der Waals surface area contributed by atoms with Gasteiger partial charge in [0.05, 0.1) is 12.0 Å². The fraction of sp³-hybridized carbons (Fsp3) is 0.118. The smallest absolute Gasteiger partial charge is 0.332 e. The van der Waals surface area contributed by atoms with E-state index in [9.17, 15) is 24.8 Å². The minimum absolute atomic E-state index is 0.0764. The van der Waals surface area contributed by atoms with Crippen LogP contribution in [0.1, 0.15) is 11.1 Å². The van der Waals surface area contributed by atoms with E-state index in [1.54, 1.807) is 12.1 Å². The molecule has 1 heterocycles. The van der Waals surface area contributed by atoms with E-state index in [4.69, 9.17) is 10.5 Å². The van der Waals surface area contributed by atoms with E-state index in [2.05, 4.69) is 10.4 Å². The van der Waals surface area contributed by atoms with Crippen molar-refractivity contribution in [1.82, 2.24) is 5.43 Å². The van der Waals surface area contributed by atoms with Crippen molar-refractivity contribution >= 4 is 29.0 Å². The van der Waals surface area contributed by atoms with Crippen LogP contribution in [0.4, 0.5) is 16.2 Å². The number of carbonyl (C=O) groups excluding carboxylic acids is 2. The minimum atomic E-state index is -2.40. The number of anilines is 1. The van der Waals surface area contributed by atoms with Crippen LogP contribution in [0.3, 0.4) is 0 Å². The second-order valence-corrected chi connectivity index (χ2v) is 5.82. The molecule has 1 aliphatic heterocycles. The number of amides is 3. The molecule has 2 aromatic carbocycles. The minimum Gasteiger partial charge on any atom is -0.497 e. The monoisotopic (exact) mass is 385 g/mol. The van der Waals surface area contributed by atoms with Gasteiger partial charge in [-0.05, 0) is 30.3 Å². The van der Waals surface area contributed by atoms with Gasteiger partial charge in [0.1, 0.15) is 11.5 Å². The summed E-state index contributed by atoms with van der Waals surface area (Å²) in [5.74, 6) is -0.381. The second kappa shape index (κ2) is 6.96. The first-order valence-corrected chi connectivity index (χ1v) is 7.88. The van der Waals surface area contributed by atoms with E-state index in [1.165, 1.54) is 31.4 Å². The molecule has 0 saturated carbocycles. The molecule has 1 atom stereocenters. The highest BCUT2D eigenvalue weighted by Gasteiger charge is 2.51. The van der Waals surface area contributed by atoms with Gasteiger partial charge in [-0.2, -0.15) is 5.10 Å². The molecule has 28 heavy (non-hydrogen) atoms. The Kier molecular flexibility index (Phi) is 4.67. The molecule has 5 N–H and O–H groups in total. The van der Waals surface area contributed by atoms with Crippen molar-refractivity contribution in [2.45, 2.75) is 5.60 Å². The summed E-state index contributed by atoms with van der Waals surface area (Å²) in [7, 11) is 1.46. The number of nitro benzene ring substituents is 1. The Balaban J connectivity index is 2.20. The van der Waals surface area contributed by atoms with E-state index >= 15 is 0 Å². The lowest BCUT2D eigenvalue weighted by Crippen LogP contribution is -2.44. The molecule has 1 aliphatic rings. The maximum Gasteiger partial charge on any atom is 0.332 e. The van der Waals surface area contributed by atoms with Gasteiger partial charge in [0.2, 0.25) is 5.60 Å². The third kappa shape index (κ3) is 3.10. The summed E-state index contributed by atoms with van der Waals surface area (Å²) < 4.78 is 5.07. The Morgan fingerprint density at radius 2 is 2.00 bits per heavy atom. The molecule has 3 rings (SSSR count). The molecule has 0 fully saturated rings. The largest absolute Gasteiger partial charge is 0.497 e. The van der Waals surface area contributed by atoms with E-state index in [-0.39, 0.29) is 28.2 Å². The third-order valence-electron chi connectivity index (χ3n) is 4.16. The first-order chi connectivity index (χ1) is 13.3. The fourth-order valence-electron chi connectivity index (χ4n) is 2.84. The zero-order valence-electron chi connectivity index (χ0n) is 14.5. The highest BCUT2D eigenvalue weighted by Crippen LogP contribution is 2.40. The van der Waals surface area contributed by atoms with Crippen LogP contribution in [-0.2, 0) is 10.4 Å². The van der Waals surface area contributed by atoms with Crippen molar-refractivity contribution in [2.75, 3.05) is 12.4 Å². The predicted molar refractivity (Wildman–Crippen MR) is 97.9 cm³/mol. The summed E-state index contributed by atoms with van der Waals surface area (Å²) in [6, 6.07) is 8.65. The highest BCUT2D eigenvalue weighted by molar-refractivity contribution is 6.26. The SMILES string of the molecule is COc1ccc(/C(=N\NC(N)=O)C2(O)C(=O)Nc3ccc([N+](=O)[O-])cc32)cc1. The van der Waals surface area contributed by atoms with Gasteiger partial charge in [-0.15, -0.1) is 0 Å². The molecule has 3 amide bonds. The average Bonchev–Trinajstić information content (AvgIpc) is 2.92. The number of rotatable bonds is 5. The number of methoxy groups -OCH3 is 1. The molecular weight excluding hydrogens is 370 g/mol. The van der Waals surface area contributed by atoms with Crippen molar-refractivity contribution in [3.8, 4) is 5.75 Å². The summed E-state index contributed by atoms with van der Waals surface area (Å²) >= 11 is 0. The van der Waals surface area contributed by atoms with Crippen LogP contribution in [-0.4, -0.2) is 34.8 Å². The van der Waals surface area contributed by atoms with E-state index in [0.29, 0.717) is 5.75 Å². The molecular formula is C17H15N5O6. The lowest BCUT2D eigenvalue weighted by molar-refractivity contribution is -0.385. The first kappa shape index (κ1) is 18.8. The standard InChI is InChI=1S/C17H15N5O6/c1-28-11-5-2-9(3-6-11)14(20-21-16(18)24)17(25)12-8-10(22(26)27)4-7-13(12)19-15(17)23/h2-8,25H,1H3,(H,19,23)(H3,18,21,24)/b20-14+. The van der Waals surface area contributed by atoms with Gasteiger partial charge in [-0.1, -0.05) is 0 Å². The summed E-state index contributed by atoms with van der Waals surface area (Å²) in [6.45, 7) is 0. The molecule has 1 unspecified atom stereocenters. The van der Waals surface area contributed by atoms with Crippen molar-refractivity contribution in [3.63, 3.8) is 0 Å². The Morgan fingerprint density at radius 1 is 1.32 bits per heavy atom. The number of hydrogen-bond donors (Lipinski definition) is 4. The molecule has 144 valence electrons. The quantitative estimate of drug-likeness (QED) is 0.337. The maximum atomic E-state index is 12.6. The summed E-state index contributed by atoms with van der Waals surface area (Å²) in [5, 5.41) is 28.7. The third-order valence-corrected chi connectivity index (χ3v) is 4.16. The lowest BCUT2D eigenvalue weighted by Gasteiger charge is -2.23. The normalized spacial score (nSPS) is 18.2. The van der Waals surface area contributed by atoms with Crippen LogP contribution in [0.2, 0.25) is 0 Å². The number of ether oxygens (including phenoxy) is 1. The summed E-state index contributed by atoms with van der Waals surface area (Å²) in [5.41, 5.74) is 4.39. The number of hydrazone groups is 1. The van der Waals surface area contributed by atoms with Crippen LogP contribution < -0.4 is 21.2 Å². The van der Waals surface area contributed by atoms with E-state index in [1.807, 2.05) is 5.43 Å². The second-order valence-electron chi connectivity index (χ2n) is 5.82. The fourth-order valence-corrected chi connectivity index (χ4v) is 2.84. The molecule has 0 aliphatic carbocycles. The molecule has 11 nitrogen and oxygen atoms in total. The highest BCUT2D eigenvalue weighted by atomic mass is 16.6. The van der Waals surface area contributed by atoms with E-state index in [0.717, 1.165) is 6.07 Å². The summed E-state index contributed by atoms with van der Waals surface area (Å²) in [6.07, 6.45) is 0. The molecule has 0 radical (unpaired) electrons. The maximum absolute atomic E-state index is 12.6. The van der Waals surface area contributed by atoms with Crippen LogP contribution in [0.25, 0.3) is 0 Å². The van der Waals surface area contributed by atoms with Gasteiger partial charge in [0.25, 0.3) is 11.6 Å². The van der Waals surface area contributed by atoms with E-state index < -0.39 is 22.5 Å².